The minimum Gasteiger partial charge on any atom is -0.478 e. The Balaban J connectivity index is 0.00000147. The molecule has 20 heavy (non-hydrogen) atoms. The number of rotatable bonds is 3. The van der Waals surface area contributed by atoms with Crippen LogP contribution in [0.2, 0.25) is 0 Å². The molecule has 3 N–H and O–H groups in total. The highest BCUT2D eigenvalue weighted by atomic mass is 35.5. The maximum Gasteiger partial charge on any atom is 0.335 e. The van der Waals surface area contributed by atoms with Crippen LogP contribution in [-0.4, -0.2) is 27.6 Å². The molecule has 1 atom stereocenters. The van der Waals surface area contributed by atoms with E-state index in [1.807, 2.05) is 6.07 Å². The van der Waals surface area contributed by atoms with Crippen molar-refractivity contribution in [3.05, 3.63) is 41.9 Å². The van der Waals surface area contributed by atoms with E-state index in [0.717, 1.165) is 36.5 Å². The summed E-state index contributed by atoms with van der Waals surface area (Å²) in [4.78, 5) is 18.6. The Bertz CT molecular complexity index is 606. The van der Waals surface area contributed by atoms with Crippen LogP contribution in [0.4, 0.5) is 0 Å². The van der Waals surface area contributed by atoms with Crippen molar-refractivity contribution >= 4 is 18.4 Å². The number of carboxylic acid groups (broad SMARTS) is 1. The summed E-state index contributed by atoms with van der Waals surface area (Å²) in [5, 5.41) is 12.4. The average molecular weight is 294 g/mol. The molecule has 1 aromatic heterocycles. The van der Waals surface area contributed by atoms with Gasteiger partial charge in [0.25, 0.3) is 0 Å². The maximum atomic E-state index is 11.0. The SMILES string of the molecule is Cl.O=C(O)c1cccc(-c2cnc([C@@H]3CCCN3)[nH]2)c1. The van der Waals surface area contributed by atoms with Crippen LogP contribution in [0.1, 0.15) is 35.1 Å². The lowest BCUT2D eigenvalue weighted by Gasteiger charge is -2.05. The number of nitrogens with zero attached hydrogens (tertiary/aromatic N) is 1. The summed E-state index contributed by atoms with van der Waals surface area (Å²) in [5.41, 5.74) is 1.98. The monoisotopic (exact) mass is 293 g/mol. The van der Waals surface area contributed by atoms with Gasteiger partial charge in [0.05, 0.1) is 23.5 Å². The van der Waals surface area contributed by atoms with Crippen LogP contribution in [0.5, 0.6) is 0 Å². The van der Waals surface area contributed by atoms with E-state index in [2.05, 4.69) is 15.3 Å². The third-order valence-electron chi connectivity index (χ3n) is 3.41. The molecule has 1 saturated heterocycles. The van der Waals surface area contributed by atoms with Crippen molar-refractivity contribution < 1.29 is 9.90 Å². The van der Waals surface area contributed by atoms with E-state index in [-0.39, 0.29) is 24.0 Å². The molecule has 0 radical (unpaired) electrons. The topological polar surface area (TPSA) is 78.0 Å². The molecule has 0 aliphatic carbocycles. The van der Waals surface area contributed by atoms with Crippen LogP contribution >= 0.6 is 12.4 Å². The zero-order valence-electron chi connectivity index (χ0n) is 10.8. The number of carboxylic acids is 1. The van der Waals surface area contributed by atoms with Crippen molar-refractivity contribution in [1.29, 1.82) is 0 Å². The van der Waals surface area contributed by atoms with Gasteiger partial charge in [0.15, 0.2) is 0 Å². The Morgan fingerprint density at radius 3 is 2.95 bits per heavy atom. The van der Waals surface area contributed by atoms with Crippen molar-refractivity contribution in [2.45, 2.75) is 18.9 Å². The fourth-order valence-electron chi connectivity index (χ4n) is 2.40. The van der Waals surface area contributed by atoms with Crippen molar-refractivity contribution in [3.63, 3.8) is 0 Å². The lowest BCUT2D eigenvalue weighted by molar-refractivity contribution is 0.0697. The van der Waals surface area contributed by atoms with Crippen LogP contribution < -0.4 is 5.32 Å². The number of imidazole rings is 1. The van der Waals surface area contributed by atoms with Gasteiger partial charge in [-0.3, -0.25) is 0 Å². The summed E-state index contributed by atoms with van der Waals surface area (Å²) in [7, 11) is 0. The summed E-state index contributed by atoms with van der Waals surface area (Å²) in [6.07, 6.45) is 4.01. The highest BCUT2D eigenvalue weighted by molar-refractivity contribution is 5.89. The van der Waals surface area contributed by atoms with Crippen LogP contribution in [0.25, 0.3) is 11.3 Å². The first kappa shape index (κ1) is 14.6. The zero-order chi connectivity index (χ0) is 13.2. The van der Waals surface area contributed by atoms with E-state index in [9.17, 15) is 4.79 Å². The Hall–Kier alpha value is -1.85. The van der Waals surface area contributed by atoms with Gasteiger partial charge in [0, 0.05) is 5.56 Å². The molecule has 5 nitrogen and oxygen atoms in total. The van der Waals surface area contributed by atoms with Crippen molar-refractivity contribution in [2.24, 2.45) is 0 Å². The number of nitrogens with one attached hydrogen (secondary N) is 2. The molecule has 0 saturated carbocycles. The van der Waals surface area contributed by atoms with Gasteiger partial charge in [-0.1, -0.05) is 12.1 Å². The number of aromatic nitrogens is 2. The highest BCUT2D eigenvalue weighted by Gasteiger charge is 2.19. The Morgan fingerprint density at radius 2 is 2.25 bits per heavy atom. The number of H-pyrrole nitrogens is 1. The maximum absolute atomic E-state index is 11.0. The van der Waals surface area contributed by atoms with E-state index < -0.39 is 5.97 Å². The van der Waals surface area contributed by atoms with Crippen LogP contribution in [0.15, 0.2) is 30.5 Å². The van der Waals surface area contributed by atoms with Gasteiger partial charge < -0.3 is 15.4 Å². The van der Waals surface area contributed by atoms with E-state index >= 15 is 0 Å². The lowest BCUT2D eigenvalue weighted by Crippen LogP contribution is -2.14. The number of benzene rings is 1. The van der Waals surface area contributed by atoms with Crippen LogP contribution in [0, 0.1) is 0 Å². The molecule has 106 valence electrons. The molecule has 1 aliphatic heterocycles. The standard InChI is InChI=1S/C14H15N3O2.ClH/c18-14(19)10-4-1-3-9(7-10)12-8-16-13(17-12)11-5-2-6-15-11;/h1,3-4,7-8,11,15H,2,5-6H2,(H,16,17)(H,18,19);1H/t11-;/m0./s1. The van der Waals surface area contributed by atoms with Crippen LogP contribution in [-0.2, 0) is 0 Å². The number of aromatic amines is 1. The van der Waals surface area contributed by atoms with Gasteiger partial charge in [0.1, 0.15) is 5.82 Å². The minimum atomic E-state index is -0.918. The number of carbonyl (C=O) groups is 1. The van der Waals surface area contributed by atoms with E-state index in [1.165, 1.54) is 0 Å². The Labute approximate surface area is 122 Å². The van der Waals surface area contributed by atoms with Gasteiger partial charge in [-0.05, 0) is 31.5 Å². The van der Waals surface area contributed by atoms with Crippen LogP contribution in [0.3, 0.4) is 0 Å². The summed E-state index contributed by atoms with van der Waals surface area (Å²) in [6, 6.07) is 7.15. The molecule has 1 aliphatic rings. The number of hydrogen-bond donors (Lipinski definition) is 3. The zero-order valence-corrected chi connectivity index (χ0v) is 11.6. The predicted octanol–water partition coefficient (Wildman–Crippen LogP) is 2.62. The molecule has 0 amide bonds. The molecule has 1 fully saturated rings. The predicted molar refractivity (Wildman–Crippen MR) is 78.2 cm³/mol. The van der Waals surface area contributed by atoms with Gasteiger partial charge in [-0.25, -0.2) is 9.78 Å². The quantitative estimate of drug-likeness (QED) is 0.813. The van der Waals surface area contributed by atoms with E-state index in [4.69, 9.17) is 5.11 Å². The minimum absolute atomic E-state index is 0. The molecule has 6 heteroatoms. The Kier molecular flexibility index (Phi) is 4.42. The number of aromatic carboxylic acids is 1. The molecule has 0 unspecified atom stereocenters. The molecule has 0 spiro atoms. The third-order valence-corrected chi connectivity index (χ3v) is 3.41. The second-order valence-corrected chi connectivity index (χ2v) is 4.72. The summed E-state index contributed by atoms with van der Waals surface area (Å²) in [6.45, 7) is 1.02. The first-order valence-corrected chi connectivity index (χ1v) is 6.36. The first-order chi connectivity index (χ1) is 9.24. The van der Waals surface area contributed by atoms with E-state index in [0.29, 0.717) is 0 Å². The fourth-order valence-corrected chi connectivity index (χ4v) is 2.40. The highest BCUT2D eigenvalue weighted by Crippen LogP contribution is 2.24. The van der Waals surface area contributed by atoms with Crippen molar-refractivity contribution in [3.8, 4) is 11.3 Å². The molecular weight excluding hydrogens is 278 g/mol. The number of hydrogen-bond acceptors (Lipinski definition) is 3. The van der Waals surface area contributed by atoms with Crippen molar-refractivity contribution in [2.75, 3.05) is 6.54 Å². The molecule has 3 rings (SSSR count). The van der Waals surface area contributed by atoms with Gasteiger partial charge in [-0.2, -0.15) is 0 Å². The average Bonchev–Trinajstić information content (AvgIpc) is 3.09. The normalized spacial score (nSPS) is 17.7. The first-order valence-electron chi connectivity index (χ1n) is 6.36. The molecular formula is C14H16ClN3O2. The molecule has 2 aromatic rings. The summed E-state index contributed by atoms with van der Waals surface area (Å²) >= 11 is 0. The van der Waals surface area contributed by atoms with E-state index in [1.54, 1.807) is 24.4 Å². The third kappa shape index (κ3) is 2.84. The smallest absolute Gasteiger partial charge is 0.335 e. The van der Waals surface area contributed by atoms with Gasteiger partial charge in [-0.15, -0.1) is 12.4 Å². The second kappa shape index (κ2) is 6.07. The molecule has 2 heterocycles. The van der Waals surface area contributed by atoms with Gasteiger partial charge in [0.2, 0.25) is 0 Å². The largest absolute Gasteiger partial charge is 0.478 e. The fraction of sp³-hybridized carbons (Fsp3) is 0.286. The second-order valence-electron chi connectivity index (χ2n) is 4.72. The summed E-state index contributed by atoms with van der Waals surface area (Å²) < 4.78 is 0. The lowest BCUT2D eigenvalue weighted by atomic mass is 10.1. The molecule has 0 bridgehead atoms. The summed E-state index contributed by atoms with van der Waals surface area (Å²) in [5.74, 6) is 0.00674. The molecule has 1 aromatic carbocycles. The Morgan fingerprint density at radius 1 is 1.40 bits per heavy atom. The van der Waals surface area contributed by atoms with Gasteiger partial charge >= 0.3 is 5.97 Å². The van der Waals surface area contributed by atoms with Crippen molar-refractivity contribution in [1.82, 2.24) is 15.3 Å². The number of halogens is 1.